The monoisotopic (exact) mass is 479 g/mol. The van der Waals surface area contributed by atoms with Crippen molar-refractivity contribution in [2.24, 2.45) is 5.41 Å². The van der Waals surface area contributed by atoms with Crippen LogP contribution in [0.2, 0.25) is 0 Å². The van der Waals surface area contributed by atoms with Crippen molar-refractivity contribution in [2.45, 2.75) is 58.8 Å². The van der Waals surface area contributed by atoms with Crippen LogP contribution < -0.4 is 5.73 Å². The Morgan fingerprint density at radius 2 is 1.94 bits per heavy atom. The maximum absolute atomic E-state index is 14.1. The third-order valence-electron chi connectivity index (χ3n) is 7.30. The molecule has 0 radical (unpaired) electrons. The van der Waals surface area contributed by atoms with E-state index in [0.717, 1.165) is 40.7 Å². The first-order valence-electron chi connectivity index (χ1n) is 12.4. The molecule has 4 N–H and O–H groups in total. The molecule has 3 aromatic rings. The number of aliphatic carboxylic acids is 1. The smallest absolute Gasteiger partial charge is 0.309 e. The summed E-state index contributed by atoms with van der Waals surface area (Å²) in [5, 5.41) is 18.7. The first-order valence-corrected chi connectivity index (χ1v) is 12.4. The summed E-state index contributed by atoms with van der Waals surface area (Å²) in [5.74, 6) is -0.848. The molecule has 1 saturated heterocycles. The van der Waals surface area contributed by atoms with Gasteiger partial charge in [0.05, 0.1) is 10.9 Å². The number of anilines is 1. The van der Waals surface area contributed by atoms with Crippen LogP contribution in [-0.4, -0.2) is 35.1 Å². The van der Waals surface area contributed by atoms with E-state index < -0.39 is 11.4 Å². The topological polar surface area (TPSA) is 101 Å². The van der Waals surface area contributed by atoms with Gasteiger partial charge in [0.1, 0.15) is 5.82 Å². The fourth-order valence-corrected chi connectivity index (χ4v) is 5.16. The number of hydrogen-bond acceptors (Lipinski definition) is 4. The Morgan fingerprint density at radius 1 is 1.26 bits per heavy atom. The predicted molar refractivity (Wildman–Crippen MR) is 137 cm³/mol. The van der Waals surface area contributed by atoms with Gasteiger partial charge in [-0.15, -0.1) is 0 Å². The lowest BCUT2D eigenvalue weighted by Crippen LogP contribution is -2.21. The van der Waals surface area contributed by atoms with E-state index >= 15 is 0 Å². The van der Waals surface area contributed by atoms with Gasteiger partial charge in [0.25, 0.3) is 0 Å². The van der Waals surface area contributed by atoms with E-state index in [1.807, 2.05) is 32.0 Å². The van der Waals surface area contributed by atoms with Crippen LogP contribution in [0.25, 0.3) is 16.6 Å². The summed E-state index contributed by atoms with van der Waals surface area (Å²) in [6.07, 6.45) is 4.64. The lowest BCUT2D eigenvalue weighted by molar-refractivity contribution is -0.143. The van der Waals surface area contributed by atoms with Crippen LogP contribution in [0.3, 0.4) is 0 Å². The van der Waals surface area contributed by atoms with Gasteiger partial charge in [-0.1, -0.05) is 13.8 Å². The zero-order chi connectivity index (χ0) is 25.3. The number of carbonyl (C=O) groups is 1. The van der Waals surface area contributed by atoms with Crippen LogP contribution in [0.15, 0.2) is 30.3 Å². The fraction of sp³-hybridized carbons (Fsp3) is 0.429. The van der Waals surface area contributed by atoms with Gasteiger partial charge in [0.2, 0.25) is 0 Å². The van der Waals surface area contributed by atoms with E-state index in [-0.39, 0.29) is 11.7 Å². The standard InChI is InChI=1S/C26H28FN3O3.C2H6/c1-15-10-18(2-3-21(15)27)30-23-11-17(14-28)22(29)12-19(23)20(13-26(6-7-26)25(31)32)24(30)16-4-8-33-9-5-16;1-2/h2-3,10-12,14,16,28H,4-9,13,29H2,1H3,(H,31,32);1-2H3. The van der Waals surface area contributed by atoms with Gasteiger partial charge in [0, 0.05) is 53.4 Å². The Bertz CT molecular complexity index is 1270. The number of halogens is 1. The van der Waals surface area contributed by atoms with Crippen LogP contribution >= 0.6 is 0 Å². The third kappa shape index (κ3) is 4.45. The molecule has 1 aliphatic carbocycles. The fourth-order valence-electron chi connectivity index (χ4n) is 5.16. The summed E-state index contributed by atoms with van der Waals surface area (Å²) < 4.78 is 21.9. The zero-order valence-electron chi connectivity index (χ0n) is 20.7. The highest BCUT2D eigenvalue weighted by molar-refractivity contribution is 5.98. The molecule has 0 unspecified atom stereocenters. The summed E-state index contributed by atoms with van der Waals surface area (Å²) in [4.78, 5) is 12.1. The largest absolute Gasteiger partial charge is 0.481 e. The number of carboxylic acid groups (broad SMARTS) is 1. The number of nitrogens with one attached hydrogen (secondary N) is 1. The van der Waals surface area contributed by atoms with Crippen molar-refractivity contribution in [2.75, 3.05) is 18.9 Å². The lowest BCUT2D eigenvalue weighted by Gasteiger charge is -2.26. The first-order chi connectivity index (χ1) is 16.8. The minimum atomic E-state index is -0.761. The number of hydrogen-bond donors (Lipinski definition) is 3. The first kappa shape index (κ1) is 24.9. The van der Waals surface area contributed by atoms with Gasteiger partial charge in [-0.25, -0.2) is 4.39 Å². The number of aryl methyl sites for hydroxylation is 1. The second-order valence-electron chi connectivity index (χ2n) is 9.42. The molecule has 1 aliphatic heterocycles. The van der Waals surface area contributed by atoms with Crippen molar-refractivity contribution in [3.8, 4) is 5.69 Å². The van der Waals surface area contributed by atoms with E-state index in [9.17, 15) is 14.3 Å². The molecule has 186 valence electrons. The number of rotatable bonds is 6. The van der Waals surface area contributed by atoms with E-state index in [2.05, 4.69) is 4.57 Å². The molecule has 5 rings (SSSR count). The van der Waals surface area contributed by atoms with Gasteiger partial charge >= 0.3 is 5.97 Å². The molecule has 0 spiro atoms. The Kier molecular flexibility index (Phi) is 6.99. The van der Waals surface area contributed by atoms with Crippen molar-refractivity contribution >= 4 is 28.8 Å². The SMILES string of the molecule is CC.Cc1cc(-n2c(C3CCOCC3)c(CC3(C(=O)O)CC3)c3cc(N)c(C=N)cc32)ccc1F. The summed E-state index contributed by atoms with van der Waals surface area (Å²) in [5.41, 5.74) is 10.9. The van der Waals surface area contributed by atoms with E-state index in [0.29, 0.717) is 49.3 Å². The lowest BCUT2D eigenvalue weighted by atomic mass is 9.87. The molecule has 7 heteroatoms. The average Bonchev–Trinajstić information content (AvgIpc) is 3.60. The van der Waals surface area contributed by atoms with Gasteiger partial charge in [-0.2, -0.15) is 0 Å². The molecule has 6 nitrogen and oxygen atoms in total. The summed E-state index contributed by atoms with van der Waals surface area (Å²) in [6.45, 7) is 7.03. The second kappa shape index (κ2) is 9.82. The molecule has 0 atom stereocenters. The van der Waals surface area contributed by atoms with Gasteiger partial charge < -0.3 is 25.6 Å². The summed E-state index contributed by atoms with van der Waals surface area (Å²) in [7, 11) is 0. The normalized spacial score (nSPS) is 17.0. The van der Waals surface area contributed by atoms with Crippen LogP contribution in [-0.2, 0) is 16.0 Å². The Morgan fingerprint density at radius 3 is 2.51 bits per heavy atom. The Labute approximate surface area is 205 Å². The van der Waals surface area contributed by atoms with Crippen LogP contribution in [0.4, 0.5) is 10.1 Å². The number of benzene rings is 2. The minimum Gasteiger partial charge on any atom is -0.481 e. The molecule has 1 aromatic heterocycles. The number of nitrogens with zero attached hydrogens (tertiary/aromatic N) is 1. The Hall–Kier alpha value is -3.19. The summed E-state index contributed by atoms with van der Waals surface area (Å²) in [6, 6.07) is 8.82. The number of nitrogens with two attached hydrogens (primary N) is 1. The van der Waals surface area contributed by atoms with Crippen LogP contribution in [0.1, 0.15) is 67.8 Å². The van der Waals surface area contributed by atoms with E-state index in [1.165, 1.54) is 12.3 Å². The number of carboxylic acids is 1. The molecule has 1 saturated carbocycles. The predicted octanol–water partition coefficient (Wildman–Crippen LogP) is 5.99. The minimum absolute atomic E-state index is 0.181. The average molecular weight is 480 g/mol. The number of nitrogen functional groups attached to an aromatic ring is 1. The Balaban J connectivity index is 0.00000141. The van der Waals surface area contributed by atoms with Gasteiger partial charge in [0.15, 0.2) is 0 Å². The molecule has 0 bridgehead atoms. The highest BCUT2D eigenvalue weighted by Crippen LogP contribution is 2.52. The quantitative estimate of drug-likeness (QED) is 0.299. The van der Waals surface area contributed by atoms with E-state index in [4.69, 9.17) is 15.9 Å². The van der Waals surface area contributed by atoms with Crippen LogP contribution in [0.5, 0.6) is 0 Å². The van der Waals surface area contributed by atoms with Crippen molar-refractivity contribution in [1.82, 2.24) is 4.57 Å². The van der Waals surface area contributed by atoms with Gasteiger partial charge in [-0.05, 0) is 80.5 Å². The molecule has 2 fully saturated rings. The number of aromatic nitrogens is 1. The number of ether oxygens (including phenoxy) is 1. The number of fused-ring (bicyclic) bond motifs is 1. The van der Waals surface area contributed by atoms with Crippen molar-refractivity contribution in [3.05, 3.63) is 58.5 Å². The molecule has 2 aromatic carbocycles. The molecule has 0 amide bonds. The van der Waals surface area contributed by atoms with Crippen molar-refractivity contribution in [1.29, 1.82) is 5.41 Å². The zero-order valence-corrected chi connectivity index (χ0v) is 20.7. The van der Waals surface area contributed by atoms with Crippen molar-refractivity contribution < 1.29 is 19.0 Å². The highest BCUT2D eigenvalue weighted by atomic mass is 19.1. The molecular formula is C28H34FN3O3. The van der Waals surface area contributed by atoms with E-state index in [1.54, 1.807) is 13.0 Å². The molecule has 35 heavy (non-hydrogen) atoms. The maximum Gasteiger partial charge on any atom is 0.309 e. The van der Waals surface area contributed by atoms with Gasteiger partial charge in [-0.3, -0.25) is 4.79 Å². The molecular weight excluding hydrogens is 445 g/mol. The third-order valence-corrected chi connectivity index (χ3v) is 7.30. The maximum atomic E-state index is 14.1. The second-order valence-corrected chi connectivity index (χ2v) is 9.42. The summed E-state index contributed by atoms with van der Waals surface area (Å²) >= 11 is 0. The van der Waals surface area contributed by atoms with Crippen molar-refractivity contribution in [3.63, 3.8) is 0 Å². The molecule has 2 heterocycles. The molecule has 2 aliphatic rings. The van der Waals surface area contributed by atoms with Crippen LogP contribution in [0, 0.1) is 23.6 Å². The highest BCUT2D eigenvalue weighted by Gasteiger charge is 2.51.